The highest BCUT2D eigenvalue weighted by molar-refractivity contribution is 8.15. The van der Waals surface area contributed by atoms with E-state index in [0.717, 1.165) is 23.4 Å². The zero-order valence-corrected chi connectivity index (χ0v) is 13.4. The van der Waals surface area contributed by atoms with E-state index in [0.29, 0.717) is 6.42 Å². The van der Waals surface area contributed by atoms with Crippen LogP contribution < -0.4 is 10.1 Å². The molecule has 1 N–H and O–H groups in total. The summed E-state index contributed by atoms with van der Waals surface area (Å²) in [5.74, 6) is -0.690. The lowest BCUT2D eigenvalue weighted by Crippen LogP contribution is -2.25. The second-order valence-electron chi connectivity index (χ2n) is 5.19. The number of carbonyl (C=O) groups is 2. The van der Waals surface area contributed by atoms with Gasteiger partial charge in [-0.05, 0) is 36.2 Å². The Labute approximate surface area is 144 Å². The maximum Gasteiger partial charge on any atom is 0.421 e. The molecule has 1 fully saturated rings. The molecule has 1 atom stereocenters. The number of rotatable bonds is 4. The van der Waals surface area contributed by atoms with Crippen LogP contribution in [0.4, 0.5) is 18.0 Å². The highest BCUT2D eigenvalue weighted by atomic mass is 32.2. The molecule has 0 aliphatic carbocycles. The minimum atomic E-state index is -4.57. The van der Waals surface area contributed by atoms with Crippen LogP contribution in [-0.2, 0) is 17.4 Å². The number of nitrogens with one attached hydrogen (secondary N) is 1. The molecule has 0 bridgehead atoms. The summed E-state index contributed by atoms with van der Waals surface area (Å²) in [7, 11) is 0. The van der Waals surface area contributed by atoms with E-state index in [4.69, 9.17) is 4.74 Å². The van der Waals surface area contributed by atoms with E-state index >= 15 is 0 Å². The van der Waals surface area contributed by atoms with Gasteiger partial charge in [0.2, 0.25) is 11.8 Å². The first-order valence-electron chi connectivity index (χ1n) is 7.13. The number of carbonyl (C=O) groups excluding carboxylic acids is 2. The molecular weight excluding hydrogens is 357 g/mol. The molecule has 9 heteroatoms. The van der Waals surface area contributed by atoms with Crippen molar-refractivity contribution in [1.82, 2.24) is 10.3 Å². The van der Waals surface area contributed by atoms with Crippen LogP contribution in [-0.4, -0.2) is 21.4 Å². The monoisotopic (exact) mass is 368 g/mol. The molecule has 1 aliphatic rings. The quantitative estimate of drug-likeness (QED) is 0.889. The normalized spacial score (nSPS) is 17.5. The second kappa shape index (κ2) is 6.75. The number of hydrogen-bond acceptors (Lipinski definition) is 5. The van der Waals surface area contributed by atoms with Crippen LogP contribution in [0.3, 0.4) is 0 Å². The number of aromatic nitrogens is 1. The number of alkyl halides is 3. The SMILES string of the molecule is O=C1NC(=O)C(Cc2ccc(Oc3ncccc3C(F)(F)F)cc2)S1. The van der Waals surface area contributed by atoms with Gasteiger partial charge in [-0.3, -0.25) is 14.9 Å². The topological polar surface area (TPSA) is 68.3 Å². The minimum Gasteiger partial charge on any atom is -0.438 e. The highest BCUT2D eigenvalue weighted by Gasteiger charge is 2.35. The van der Waals surface area contributed by atoms with Crippen molar-refractivity contribution in [1.29, 1.82) is 0 Å². The molecule has 1 aliphatic heterocycles. The Morgan fingerprint density at radius 3 is 2.48 bits per heavy atom. The molecule has 3 rings (SSSR count). The van der Waals surface area contributed by atoms with Gasteiger partial charge in [0.25, 0.3) is 5.24 Å². The summed E-state index contributed by atoms with van der Waals surface area (Å²) in [4.78, 5) is 26.3. The summed E-state index contributed by atoms with van der Waals surface area (Å²) < 4.78 is 44.0. The van der Waals surface area contributed by atoms with Crippen molar-refractivity contribution in [2.45, 2.75) is 17.8 Å². The lowest BCUT2D eigenvalue weighted by Gasteiger charge is -2.12. The largest absolute Gasteiger partial charge is 0.438 e. The lowest BCUT2D eigenvalue weighted by molar-refractivity contribution is -0.138. The first kappa shape index (κ1) is 17.3. The molecule has 0 spiro atoms. The van der Waals surface area contributed by atoms with Crippen LogP contribution in [0.2, 0.25) is 0 Å². The Morgan fingerprint density at radius 1 is 1.16 bits per heavy atom. The van der Waals surface area contributed by atoms with Gasteiger partial charge in [-0.1, -0.05) is 23.9 Å². The maximum atomic E-state index is 12.9. The Morgan fingerprint density at radius 2 is 1.88 bits per heavy atom. The van der Waals surface area contributed by atoms with Crippen molar-refractivity contribution < 1.29 is 27.5 Å². The first-order valence-corrected chi connectivity index (χ1v) is 8.01. The van der Waals surface area contributed by atoms with Gasteiger partial charge in [-0.25, -0.2) is 4.98 Å². The number of nitrogens with zero attached hydrogens (tertiary/aromatic N) is 1. The highest BCUT2D eigenvalue weighted by Crippen LogP contribution is 2.36. The van der Waals surface area contributed by atoms with Crippen molar-refractivity contribution in [2.75, 3.05) is 0 Å². The molecule has 5 nitrogen and oxygen atoms in total. The number of halogens is 3. The van der Waals surface area contributed by atoms with Gasteiger partial charge in [-0.2, -0.15) is 13.2 Å². The Bertz CT molecular complexity index is 809. The average molecular weight is 368 g/mol. The van der Waals surface area contributed by atoms with Crippen molar-refractivity contribution in [3.05, 3.63) is 53.7 Å². The number of ether oxygens (including phenoxy) is 1. The Kier molecular flexibility index (Phi) is 4.67. The summed E-state index contributed by atoms with van der Waals surface area (Å²) in [6, 6.07) is 8.31. The molecule has 1 aromatic carbocycles. The van der Waals surface area contributed by atoms with Crippen LogP contribution in [0.25, 0.3) is 0 Å². The van der Waals surface area contributed by atoms with Gasteiger partial charge in [0.05, 0.1) is 5.25 Å². The van der Waals surface area contributed by atoms with Gasteiger partial charge in [0, 0.05) is 6.20 Å². The van der Waals surface area contributed by atoms with E-state index in [1.807, 2.05) is 0 Å². The fourth-order valence-electron chi connectivity index (χ4n) is 2.23. The second-order valence-corrected chi connectivity index (χ2v) is 6.36. The van der Waals surface area contributed by atoms with Crippen LogP contribution >= 0.6 is 11.8 Å². The summed E-state index contributed by atoms with van der Waals surface area (Å²) in [6.45, 7) is 0. The molecule has 0 saturated carbocycles. The molecular formula is C16H11F3N2O3S. The Hall–Kier alpha value is -2.55. The summed E-state index contributed by atoms with van der Waals surface area (Å²) in [6.07, 6.45) is -3.02. The van der Waals surface area contributed by atoms with E-state index in [9.17, 15) is 22.8 Å². The number of hydrogen-bond donors (Lipinski definition) is 1. The number of pyridine rings is 1. The van der Waals surface area contributed by atoms with Gasteiger partial charge >= 0.3 is 6.18 Å². The number of amides is 2. The van der Waals surface area contributed by atoms with Gasteiger partial charge in [0.1, 0.15) is 11.3 Å². The first-order chi connectivity index (χ1) is 11.8. The van der Waals surface area contributed by atoms with E-state index in [1.165, 1.54) is 24.4 Å². The number of thioether (sulfide) groups is 1. The molecule has 1 saturated heterocycles. The maximum absolute atomic E-state index is 12.9. The summed E-state index contributed by atoms with van der Waals surface area (Å²) in [5, 5.41) is 1.31. The number of imide groups is 1. The van der Waals surface area contributed by atoms with Crippen LogP contribution in [0, 0.1) is 0 Å². The zero-order chi connectivity index (χ0) is 18.0. The smallest absolute Gasteiger partial charge is 0.421 e. The lowest BCUT2D eigenvalue weighted by atomic mass is 10.1. The minimum absolute atomic E-state index is 0.188. The summed E-state index contributed by atoms with van der Waals surface area (Å²) in [5.41, 5.74) is -0.205. The molecule has 1 unspecified atom stereocenters. The zero-order valence-electron chi connectivity index (χ0n) is 12.5. The molecule has 1 aromatic heterocycles. The third-order valence-corrected chi connectivity index (χ3v) is 4.38. The molecule has 130 valence electrons. The van der Waals surface area contributed by atoms with Crippen molar-refractivity contribution in [2.24, 2.45) is 0 Å². The number of benzene rings is 1. The van der Waals surface area contributed by atoms with Gasteiger partial charge in [0.15, 0.2) is 0 Å². The standard InChI is InChI=1S/C16H11F3N2O3S/c17-16(18,19)11-2-1-7-20-14(11)24-10-5-3-9(4-6-10)8-12-13(22)21-15(23)25-12/h1-7,12H,8H2,(H,21,22,23). The molecule has 0 radical (unpaired) electrons. The van der Waals surface area contributed by atoms with Gasteiger partial charge in [-0.15, -0.1) is 0 Å². The van der Waals surface area contributed by atoms with E-state index < -0.39 is 22.9 Å². The van der Waals surface area contributed by atoms with Crippen LogP contribution in [0.15, 0.2) is 42.6 Å². The summed E-state index contributed by atoms with van der Waals surface area (Å²) >= 11 is 0.914. The third kappa shape index (κ3) is 4.11. The van der Waals surface area contributed by atoms with E-state index in [2.05, 4.69) is 10.3 Å². The van der Waals surface area contributed by atoms with Crippen LogP contribution in [0.1, 0.15) is 11.1 Å². The van der Waals surface area contributed by atoms with Gasteiger partial charge < -0.3 is 4.74 Å². The molecule has 2 amide bonds. The third-order valence-electron chi connectivity index (χ3n) is 3.40. The predicted molar refractivity (Wildman–Crippen MR) is 84.4 cm³/mol. The molecule has 2 heterocycles. The fraction of sp³-hybridized carbons (Fsp3) is 0.188. The van der Waals surface area contributed by atoms with E-state index in [1.54, 1.807) is 12.1 Å². The molecule has 2 aromatic rings. The van der Waals surface area contributed by atoms with Crippen molar-refractivity contribution >= 4 is 22.9 Å². The fourth-order valence-corrected chi connectivity index (χ4v) is 3.09. The Balaban J connectivity index is 1.72. The van der Waals surface area contributed by atoms with Crippen molar-refractivity contribution in [3.8, 4) is 11.6 Å². The van der Waals surface area contributed by atoms with E-state index in [-0.39, 0.29) is 16.9 Å². The molecule has 25 heavy (non-hydrogen) atoms. The van der Waals surface area contributed by atoms with Crippen LogP contribution in [0.5, 0.6) is 11.6 Å². The predicted octanol–water partition coefficient (Wildman–Crippen LogP) is 3.79. The van der Waals surface area contributed by atoms with Crippen molar-refractivity contribution in [3.63, 3.8) is 0 Å². The average Bonchev–Trinajstić information content (AvgIpc) is 2.86.